The van der Waals surface area contributed by atoms with Crippen molar-refractivity contribution in [3.05, 3.63) is 15.9 Å². The predicted octanol–water partition coefficient (Wildman–Crippen LogP) is 3.07. The first-order valence-corrected chi connectivity index (χ1v) is 9.31. The van der Waals surface area contributed by atoms with E-state index in [4.69, 9.17) is 4.98 Å². The molecule has 0 unspecified atom stereocenters. The highest BCUT2D eigenvalue weighted by Gasteiger charge is 2.24. The molecule has 4 nitrogen and oxygen atoms in total. The molecule has 5 heteroatoms. The first-order chi connectivity index (χ1) is 10.3. The fourth-order valence-corrected chi connectivity index (χ4v) is 4.16. The maximum absolute atomic E-state index is 12.9. The predicted molar refractivity (Wildman–Crippen MR) is 88.5 cm³/mol. The minimum Gasteiger partial charge on any atom is -0.356 e. The van der Waals surface area contributed by atoms with Crippen LogP contribution in [0.3, 0.4) is 0 Å². The normalized spacial score (nSPS) is 18.0. The second kappa shape index (κ2) is 6.86. The molecule has 0 atom stereocenters. The number of hydrogen-bond donors (Lipinski definition) is 0. The number of aromatic nitrogens is 2. The van der Waals surface area contributed by atoms with E-state index >= 15 is 0 Å². The molecule has 0 spiro atoms. The molecule has 0 radical (unpaired) electrons. The Hall–Kier alpha value is -0.970. The Bertz CT molecular complexity index is 549. The fourth-order valence-electron chi connectivity index (χ4n) is 3.22. The molecule has 0 aliphatic carbocycles. The van der Waals surface area contributed by atoms with Crippen molar-refractivity contribution in [1.82, 2.24) is 9.55 Å². The fraction of sp³-hybridized carbons (Fsp3) is 0.750. The van der Waals surface area contributed by atoms with E-state index < -0.39 is 0 Å². The number of nitrogens with zero attached hydrogens (tertiary/aromatic N) is 3. The molecule has 1 aromatic rings. The van der Waals surface area contributed by atoms with E-state index in [2.05, 4.69) is 11.8 Å². The molecule has 0 aromatic carbocycles. The molecule has 3 heterocycles. The van der Waals surface area contributed by atoms with Gasteiger partial charge >= 0.3 is 0 Å². The van der Waals surface area contributed by atoms with Crippen LogP contribution in [0.25, 0.3) is 0 Å². The number of anilines is 1. The van der Waals surface area contributed by atoms with Crippen LogP contribution in [-0.4, -0.2) is 28.4 Å². The van der Waals surface area contributed by atoms with Gasteiger partial charge in [-0.3, -0.25) is 9.36 Å². The summed E-state index contributed by atoms with van der Waals surface area (Å²) in [5, 5.41) is 0.937. The monoisotopic (exact) mass is 307 g/mol. The SMILES string of the molecule is CCCCCc1c(N2CCCC2)nc2n(c1=O)CCCS2. The lowest BCUT2D eigenvalue weighted by atomic mass is 10.1. The summed E-state index contributed by atoms with van der Waals surface area (Å²) < 4.78 is 1.91. The molecule has 0 amide bonds. The van der Waals surface area contributed by atoms with Crippen molar-refractivity contribution in [2.24, 2.45) is 0 Å². The van der Waals surface area contributed by atoms with E-state index in [0.29, 0.717) is 0 Å². The largest absolute Gasteiger partial charge is 0.356 e. The highest BCUT2D eigenvalue weighted by Crippen LogP contribution is 2.28. The van der Waals surface area contributed by atoms with E-state index in [1.54, 1.807) is 11.8 Å². The first-order valence-electron chi connectivity index (χ1n) is 8.32. The second-order valence-corrected chi connectivity index (χ2v) is 7.07. The van der Waals surface area contributed by atoms with E-state index in [-0.39, 0.29) is 5.56 Å². The van der Waals surface area contributed by atoms with E-state index in [0.717, 1.165) is 61.2 Å². The summed E-state index contributed by atoms with van der Waals surface area (Å²) in [6.45, 7) is 5.16. The van der Waals surface area contributed by atoms with Gasteiger partial charge in [-0.25, -0.2) is 4.98 Å². The van der Waals surface area contributed by atoms with E-state index in [9.17, 15) is 4.79 Å². The average Bonchev–Trinajstić information content (AvgIpc) is 3.04. The number of fused-ring (bicyclic) bond motifs is 1. The van der Waals surface area contributed by atoms with Crippen LogP contribution in [0.15, 0.2) is 9.95 Å². The van der Waals surface area contributed by atoms with Crippen molar-refractivity contribution in [2.75, 3.05) is 23.7 Å². The molecule has 2 aliphatic heterocycles. The second-order valence-electron chi connectivity index (χ2n) is 6.01. The van der Waals surface area contributed by atoms with Gasteiger partial charge in [0.05, 0.1) is 5.56 Å². The number of thioether (sulfide) groups is 1. The molecule has 2 aliphatic rings. The smallest absolute Gasteiger partial charge is 0.259 e. The maximum Gasteiger partial charge on any atom is 0.259 e. The molecular weight excluding hydrogens is 282 g/mol. The van der Waals surface area contributed by atoms with Gasteiger partial charge in [-0.2, -0.15) is 0 Å². The molecule has 0 N–H and O–H groups in total. The number of hydrogen-bond acceptors (Lipinski definition) is 4. The highest BCUT2D eigenvalue weighted by atomic mass is 32.2. The maximum atomic E-state index is 12.9. The Morgan fingerprint density at radius 1 is 1.14 bits per heavy atom. The summed E-state index contributed by atoms with van der Waals surface area (Å²) in [6.07, 6.45) is 7.89. The van der Waals surface area contributed by atoms with Crippen molar-refractivity contribution < 1.29 is 0 Å². The number of unbranched alkanes of at least 4 members (excludes halogenated alkanes) is 2. The molecule has 21 heavy (non-hydrogen) atoms. The quantitative estimate of drug-likeness (QED) is 0.619. The lowest BCUT2D eigenvalue weighted by Gasteiger charge is -2.24. The van der Waals surface area contributed by atoms with Gasteiger partial charge in [-0.1, -0.05) is 31.5 Å². The Morgan fingerprint density at radius 2 is 1.95 bits per heavy atom. The van der Waals surface area contributed by atoms with Crippen LogP contribution in [0.5, 0.6) is 0 Å². The summed E-state index contributed by atoms with van der Waals surface area (Å²) in [7, 11) is 0. The van der Waals surface area contributed by atoms with Gasteiger partial charge in [0, 0.05) is 25.4 Å². The zero-order valence-electron chi connectivity index (χ0n) is 12.9. The summed E-state index contributed by atoms with van der Waals surface area (Å²) in [5.41, 5.74) is 1.20. The molecule has 1 aromatic heterocycles. The Morgan fingerprint density at radius 3 is 2.71 bits per heavy atom. The van der Waals surface area contributed by atoms with Crippen molar-refractivity contribution >= 4 is 17.6 Å². The summed E-state index contributed by atoms with van der Waals surface area (Å²) in [6, 6.07) is 0. The van der Waals surface area contributed by atoms with Gasteiger partial charge in [0.1, 0.15) is 5.82 Å². The molecule has 0 bridgehead atoms. The molecule has 3 rings (SSSR count). The topological polar surface area (TPSA) is 38.1 Å². The third-order valence-corrected chi connectivity index (χ3v) is 5.46. The van der Waals surface area contributed by atoms with Crippen molar-refractivity contribution in [3.63, 3.8) is 0 Å². The Kier molecular flexibility index (Phi) is 4.88. The molecular formula is C16H25N3OS. The van der Waals surface area contributed by atoms with Gasteiger partial charge in [0.2, 0.25) is 0 Å². The zero-order valence-corrected chi connectivity index (χ0v) is 13.8. The summed E-state index contributed by atoms with van der Waals surface area (Å²) >= 11 is 1.74. The van der Waals surface area contributed by atoms with Gasteiger partial charge in [0.15, 0.2) is 5.16 Å². The summed E-state index contributed by atoms with van der Waals surface area (Å²) in [5.74, 6) is 2.08. The minimum absolute atomic E-state index is 0.227. The van der Waals surface area contributed by atoms with Gasteiger partial charge < -0.3 is 4.90 Å². The highest BCUT2D eigenvalue weighted by molar-refractivity contribution is 7.99. The van der Waals surface area contributed by atoms with Crippen LogP contribution >= 0.6 is 11.8 Å². The Labute approximate surface area is 130 Å². The molecule has 116 valence electrons. The summed E-state index contributed by atoms with van der Waals surface area (Å²) in [4.78, 5) is 20.1. The lowest BCUT2D eigenvalue weighted by Crippen LogP contribution is -2.33. The van der Waals surface area contributed by atoms with Crippen LogP contribution in [0.4, 0.5) is 5.82 Å². The van der Waals surface area contributed by atoms with Crippen molar-refractivity contribution in [2.45, 2.75) is 63.6 Å². The third-order valence-electron chi connectivity index (χ3n) is 4.40. The van der Waals surface area contributed by atoms with Gasteiger partial charge in [0.25, 0.3) is 5.56 Å². The van der Waals surface area contributed by atoms with Crippen LogP contribution in [0.2, 0.25) is 0 Å². The van der Waals surface area contributed by atoms with Crippen molar-refractivity contribution in [1.29, 1.82) is 0 Å². The molecule has 1 fully saturated rings. The Balaban J connectivity index is 1.98. The third kappa shape index (κ3) is 3.12. The zero-order chi connectivity index (χ0) is 14.7. The van der Waals surface area contributed by atoms with Crippen LogP contribution < -0.4 is 10.5 Å². The molecule has 0 saturated carbocycles. The molecule has 1 saturated heterocycles. The first kappa shape index (κ1) is 14.9. The van der Waals surface area contributed by atoms with Gasteiger partial charge in [-0.15, -0.1) is 0 Å². The van der Waals surface area contributed by atoms with E-state index in [1.807, 2.05) is 4.57 Å². The average molecular weight is 307 g/mol. The van der Waals surface area contributed by atoms with Crippen molar-refractivity contribution in [3.8, 4) is 0 Å². The minimum atomic E-state index is 0.227. The standard InChI is InChI=1S/C16H25N3OS/c1-2-3-4-8-13-14(18-9-5-6-10-18)17-16-19(15(13)20)11-7-12-21-16/h2-12H2,1H3. The van der Waals surface area contributed by atoms with Crippen LogP contribution in [0.1, 0.15) is 51.0 Å². The number of rotatable bonds is 5. The van der Waals surface area contributed by atoms with Crippen LogP contribution in [0, 0.1) is 0 Å². The lowest BCUT2D eigenvalue weighted by molar-refractivity contribution is 0.551. The van der Waals surface area contributed by atoms with E-state index in [1.165, 1.54) is 25.7 Å². The van der Waals surface area contributed by atoms with Crippen LogP contribution in [-0.2, 0) is 13.0 Å². The van der Waals surface area contributed by atoms with Gasteiger partial charge in [-0.05, 0) is 32.1 Å².